The first-order valence-corrected chi connectivity index (χ1v) is 7.43. The minimum Gasteiger partial charge on any atom is -0.318 e. The van der Waals surface area contributed by atoms with Crippen molar-refractivity contribution in [3.63, 3.8) is 0 Å². The highest BCUT2D eigenvalue weighted by Gasteiger charge is 2.00. The van der Waals surface area contributed by atoms with Crippen molar-refractivity contribution in [1.82, 2.24) is 14.3 Å². The smallest absolute Gasteiger partial charge is 0.266 e. The van der Waals surface area contributed by atoms with Gasteiger partial charge in [0.15, 0.2) is 0 Å². The highest BCUT2D eigenvalue weighted by atomic mass is 16.1. The molecule has 120 valence electrons. The predicted molar refractivity (Wildman–Crippen MR) is 89.3 cm³/mol. The second kappa shape index (κ2) is 7.73. The van der Waals surface area contributed by atoms with Crippen LogP contribution in [-0.4, -0.2) is 14.3 Å². The van der Waals surface area contributed by atoms with Crippen molar-refractivity contribution in [2.45, 2.75) is 39.5 Å². The Morgan fingerprint density at radius 1 is 0.864 bits per heavy atom. The monoisotopic (exact) mass is 303 g/mol. The molecule has 2 aromatic rings. The fourth-order valence-electron chi connectivity index (χ4n) is 1.79. The Bertz CT molecular complexity index is 664. The lowest BCUT2D eigenvalue weighted by atomic mass is 10.1. The molecule has 0 aromatic carbocycles. The summed E-state index contributed by atoms with van der Waals surface area (Å²) in [6.45, 7) is 8.32. The van der Waals surface area contributed by atoms with Gasteiger partial charge in [0, 0.05) is 32.4 Å². The summed E-state index contributed by atoms with van der Waals surface area (Å²) in [4.78, 5) is 21.9. The van der Waals surface area contributed by atoms with Gasteiger partial charge in [0.2, 0.25) is 5.56 Å². The van der Waals surface area contributed by atoms with E-state index in [4.69, 9.17) is 0 Å². The van der Waals surface area contributed by atoms with Crippen LogP contribution >= 0.6 is 0 Å². The third-order valence-corrected chi connectivity index (χ3v) is 3.35. The first kappa shape index (κ1) is 17.9. The molecule has 0 radical (unpaired) electrons. The van der Waals surface area contributed by atoms with Gasteiger partial charge < -0.3 is 4.57 Å². The molecule has 0 aliphatic rings. The number of nitrogens with zero attached hydrogens (tertiary/aromatic N) is 3. The molecule has 0 spiro atoms. The van der Waals surface area contributed by atoms with Crippen molar-refractivity contribution in [1.29, 1.82) is 0 Å². The summed E-state index contributed by atoms with van der Waals surface area (Å²) in [5.74, 6) is 0.864. The SMILES string of the molecule is CC(C)c1ccc(=O)n(C)c1.CC(C)c1ccc(=O)n(C)n1. The lowest BCUT2D eigenvalue weighted by molar-refractivity contribution is 0.653. The summed E-state index contributed by atoms with van der Waals surface area (Å²) in [6, 6.07) is 6.80. The molecule has 2 aromatic heterocycles. The second-order valence-electron chi connectivity index (χ2n) is 5.94. The molecule has 5 nitrogen and oxygen atoms in total. The van der Waals surface area contributed by atoms with Crippen LogP contribution in [0.25, 0.3) is 0 Å². The van der Waals surface area contributed by atoms with E-state index in [1.807, 2.05) is 26.1 Å². The predicted octanol–water partition coefficient (Wildman–Crippen LogP) is 2.41. The zero-order chi connectivity index (χ0) is 16.9. The number of aryl methyl sites for hydroxylation is 2. The van der Waals surface area contributed by atoms with Gasteiger partial charge in [0.1, 0.15) is 0 Å². The Balaban J connectivity index is 0.000000220. The van der Waals surface area contributed by atoms with Gasteiger partial charge in [-0.2, -0.15) is 5.10 Å². The van der Waals surface area contributed by atoms with Crippen LogP contribution in [0.1, 0.15) is 50.8 Å². The quantitative estimate of drug-likeness (QED) is 0.856. The van der Waals surface area contributed by atoms with Gasteiger partial charge >= 0.3 is 0 Å². The van der Waals surface area contributed by atoms with Crippen LogP contribution in [0.3, 0.4) is 0 Å². The molecule has 0 unspecified atom stereocenters. The lowest BCUT2D eigenvalue weighted by Crippen LogP contribution is -2.19. The fraction of sp³-hybridized carbons (Fsp3) is 0.471. The summed E-state index contributed by atoms with van der Waals surface area (Å²) in [5.41, 5.74) is 2.14. The highest BCUT2D eigenvalue weighted by Crippen LogP contribution is 2.10. The van der Waals surface area contributed by atoms with Gasteiger partial charge in [0.25, 0.3) is 5.56 Å². The largest absolute Gasteiger partial charge is 0.318 e. The van der Waals surface area contributed by atoms with Crippen molar-refractivity contribution in [3.05, 3.63) is 62.4 Å². The van der Waals surface area contributed by atoms with Crippen molar-refractivity contribution in [2.24, 2.45) is 14.1 Å². The van der Waals surface area contributed by atoms with Gasteiger partial charge in [-0.15, -0.1) is 0 Å². The number of pyridine rings is 1. The van der Waals surface area contributed by atoms with Gasteiger partial charge in [-0.3, -0.25) is 9.59 Å². The molecule has 0 fully saturated rings. The minimum atomic E-state index is -0.0607. The first-order valence-electron chi connectivity index (χ1n) is 7.43. The number of hydrogen-bond acceptors (Lipinski definition) is 3. The van der Waals surface area contributed by atoms with Crippen molar-refractivity contribution < 1.29 is 0 Å². The molecule has 0 amide bonds. The van der Waals surface area contributed by atoms with Crippen LogP contribution in [0.4, 0.5) is 0 Å². The summed E-state index contributed by atoms with van der Waals surface area (Å²) >= 11 is 0. The number of hydrogen-bond donors (Lipinski definition) is 0. The van der Waals surface area contributed by atoms with Gasteiger partial charge in [-0.25, -0.2) is 4.68 Å². The molecule has 2 rings (SSSR count). The molecule has 5 heteroatoms. The van der Waals surface area contributed by atoms with E-state index in [0.717, 1.165) is 5.69 Å². The molecule has 0 bridgehead atoms. The van der Waals surface area contributed by atoms with Crippen LogP contribution in [0.5, 0.6) is 0 Å². The van der Waals surface area contributed by atoms with Crippen molar-refractivity contribution in [3.8, 4) is 0 Å². The molecule has 0 saturated carbocycles. The molecule has 0 saturated heterocycles. The van der Waals surface area contributed by atoms with Crippen LogP contribution in [0.15, 0.2) is 40.1 Å². The Morgan fingerprint density at radius 2 is 1.45 bits per heavy atom. The standard InChI is InChI=1S/C9H13NO.C8H12N2O/c1-7(2)8-4-5-9(11)10(3)6-8;1-6(2)7-4-5-8(11)10(3)9-7/h4-7H,1-3H3;4-6H,1-3H3. The van der Waals surface area contributed by atoms with Crippen LogP contribution in [-0.2, 0) is 14.1 Å². The van der Waals surface area contributed by atoms with Crippen LogP contribution in [0, 0.1) is 0 Å². The topological polar surface area (TPSA) is 56.9 Å². The maximum absolute atomic E-state index is 11.0. The van der Waals surface area contributed by atoms with E-state index in [2.05, 4.69) is 18.9 Å². The second-order valence-corrected chi connectivity index (χ2v) is 5.94. The zero-order valence-corrected chi connectivity index (χ0v) is 14.2. The average molecular weight is 303 g/mol. The fourth-order valence-corrected chi connectivity index (χ4v) is 1.79. The van der Waals surface area contributed by atoms with Crippen molar-refractivity contribution in [2.75, 3.05) is 0 Å². The Hall–Kier alpha value is -2.17. The minimum absolute atomic E-state index is 0.0504. The summed E-state index contributed by atoms with van der Waals surface area (Å²) in [7, 11) is 3.43. The van der Waals surface area contributed by atoms with E-state index >= 15 is 0 Å². The Kier molecular flexibility index (Phi) is 6.28. The van der Waals surface area contributed by atoms with E-state index in [9.17, 15) is 9.59 Å². The molecular formula is C17H25N3O2. The summed E-state index contributed by atoms with van der Waals surface area (Å²) < 4.78 is 2.96. The molecule has 2 heterocycles. The van der Waals surface area contributed by atoms with E-state index in [1.165, 1.54) is 10.2 Å². The van der Waals surface area contributed by atoms with E-state index in [1.54, 1.807) is 36.9 Å². The molecular weight excluding hydrogens is 278 g/mol. The maximum atomic E-state index is 11.0. The van der Waals surface area contributed by atoms with E-state index < -0.39 is 0 Å². The van der Waals surface area contributed by atoms with Crippen LogP contribution < -0.4 is 11.1 Å². The zero-order valence-electron chi connectivity index (χ0n) is 14.2. The third kappa shape index (κ3) is 4.98. The lowest BCUT2D eigenvalue weighted by Gasteiger charge is -2.05. The molecule has 0 atom stereocenters. The van der Waals surface area contributed by atoms with Gasteiger partial charge in [0.05, 0.1) is 5.69 Å². The number of aromatic nitrogens is 3. The summed E-state index contributed by atoms with van der Waals surface area (Å²) in [5, 5.41) is 4.08. The Morgan fingerprint density at radius 3 is 1.91 bits per heavy atom. The number of rotatable bonds is 2. The summed E-state index contributed by atoms with van der Waals surface area (Å²) in [6.07, 6.45) is 1.88. The average Bonchev–Trinajstić information content (AvgIpc) is 2.45. The van der Waals surface area contributed by atoms with Gasteiger partial charge in [-0.05, 0) is 23.5 Å². The third-order valence-electron chi connectivity index (χ3n) is 3.35. The molecule has 0 aliphatic heterocycles. The van der Waals surface area contributed by atoms with E-state index in [-0.39, 0.29) is 11.1 Å². The Labute approximate surface area is 131 Å². The van der Waals surface area contributed by atoms with Crippen LogP contribution in [0.2, 0.25) is 0 Å². The molecule has 22 heavy (non-hydrogen) atoms. The van der Waals surface area contributed by atoms with Crippen molar-refractivity contribution >= 4 is 0 Å². The normalized spacial score (nSPS) is 10.5. The van der Waals surface area contributed by atoms with Gasteiger partial charge in [-0.1, -0.05) is 33.8 Å². The first-order chi connectivity index (χ1) is 10.2. The van der Waals surface area contributed by atoms with E-state index in [0.29, 0.717) is 11.8 Å². The molecule has 0 aliphatic carbocycles. The maximum Gasteiger partial charge on any atom is 0.266 e. The highest BCUT2D eigenvalue weighted by molar-refractivity contribution is 5.13. The molecule has 0 N–H and O–H groups in total.